The topological polar surface area (TPSA) is 145 Å². The summed E-state index contributed by atoms with van der Waals surface area (Å²) in [6.45, 7) is 31.4. The third-order valence-electron chi connectivity index (χ3n) is 20.1. The molecule has 0 heterocycles. The van der Waals surface area contributed by atoms with Crippen molar-refractivity contribution in [1.29, 1.82) is 0 Å². The van der Waals surface area contributed by atoms with Crippen molar-refractivity contribution in [3.05, 3.63) is 0 Å². The first-order valence-electron chi connectivity index (χ1n) is 42.6. The predicted octanol–water partition coefficient (Wildman–Crippen LogP) is 21.9. The van der Waals surface area contributed by atoms with Gasteiger partial charge in [0.05, 0.1) is 39.6 Å². The van der Waals surface area contributed by atoms with Crippen molar-refractivity contribution in [1.82, 2.24) is 20.4 Å². The van der Waals surface area contributed by atoms with Gasteiger partial charge in [0.2, 0.25) is 0 Å². The van der Waals surface area contributed by atoms with Gasteiger partial charge in [-0.25, -0.2) is 0 Å². The van der Waals surface area contributed by atoms with E-state index in [2.05, 4.69) is 75.8 Å². The van der Waals surface area contributed by atoms with E-state index in [1.807, 2.05) is 0 Å². The number of esters is 4. The molecule has 0 aliphatic heterocycles. The molecular weight excluding hydrogens is 1210 g/mol. The van der Waals surface area contributed by atoms with E-state index in [1.54, 1.807) is 0 Å². The average Bonchev–Trinajstić information content (AvgIpc) is 3.81. The second kappa shape index (κ2) is 76.3. The van der Waals surface area contributed by atoms with Gasteiger partial charge in [-0.05, 0) is 192 Å². The highest BCUT2D eigenvalue weighted by Crippen LogP contribution is 2.23. The Kier molecular flexibility index (Phi) is 74.5. The highest BCUT2D eigenvalue weighted by Gasteiger charge is 2.18. The van der Waals surface area contributed by atoms with Crippen LogP contribution in [0.25, 0.3) is 0 Å². The van der Waals surface area contributed by atoms with Crippen LogP contribution in [0.15, 0.2) is 0 Å². The fourth-order valence-corrected chi connectivity index (χ4v) is 13.4. The van der Waals surface area contributed by atoms with E-state index in [9.17, 15) is 19.2 Å². The Morgan fingerprint density at radius 3 is 0.732 bits per heavy atom. The summed E-state index contributed by atoms with van der Waals surface area (Å²) in [5.41, 5.74) is 0. The van der Waals surface area contributed by atoms with Crippen molar-refractivity contribution in [3.8, 4) is 0 Å². The maximum Gasteiger partial charge on any atom is 0.305 e. The molecule has 97 heavy (non-hydrogen) atoms. The molecule has 576 valence electrons. The average molecular weight is 1380 g/mol. The number of hydrogen-bond donors (Lipinski definition) is 2. The van der Waals surface area contributed by atoms with Crippen LogP contribution in [0, 0.1) is 23.7 Å². The van der Waals surface area contributed by atoms with Gasteiger partial charge in [-0.1, -0.05) is 248 Å². The maximum absolute atomic E-state index is 12.9. The van der Waals surface area contributed by atoms with Crippen molar-refractivity contribution in [2.45, 2.75) is 389 Å². The zero-order valence-corrected chi connectivity index (χ0v) is 66.0. The Morgan fingerprint density at radius 2 is 0.464 bits per heavy atom. The Bertz CT molecular complexity index is 1610. The molecule has 0 saturated heterocycles. The lowest BCUT2D eigenvalue weighted by Gasteiger charge is -2.22. The van der Waals surface area contributed by atoms with E-state index in [4.69, 9.17) is 23.7 Å². The number of carbonyl (C=O) groups is 4. The van der Waals surface area contributed by atoms with Crippen molar-refractivity contribution in [3.63, 3.8) is 0 Å². The van der Waals surface area contributed by atoms with Crippen LogP contribution >= 0.6 is 0 Å². The summed E-state index contributed by atoms with van der Waals surface area (Å²) in [6, 6.07) is 0. The second-order valence-electron chi connectivity index (χ2n) is 29.6. The lowest BCUT2D eigenvalue weighted by molar-refractivity contribution is -0.146. The van der Waals surface area contributed by atoms with E-state index in [-0.39, 0.29) is 23.9 Å². The Morgan fingerprint density at radius 1 is 0.247 bits per heavy atom. The highest BCUT2D eigenvalue weighted by molar-refractivity contribution is 5.70. The zero-order chi connectivity index (χ0) is 70.8. The smallest absolute Gasteiger partial charge is 0.305 e. The van der Waals surface area contributed by atoms with Gasteiger partial charge >= 0.3 is 23.9 Å². The lowest BCUT2D eigenvalue weighted by atomic mass is 9.96. The third-order valence-corrected chi connectivity index (χ3v) is 20.1. The van der Waals surface area contributed by atoms with Gasteiger partial charge in [0.1, 0.15) is 0 Å². The molecule has 0 amide bonds. The number of nitrogens with one attached hydrogen (secondary N) is 2. The Balaban J connectivity index is 5.09. The lowest BCUT2D eigenvalue weighted by Crippen LogP contribution is -2.31. The maximum atomic E-state index is 12.9. The van der Waals surface area contributed by atoms with E-state index in [0.717, 1.165) is 181 Å². The number of rotatable bonds is 80. The first-order valence-corrected chi connectivity index (χ1v) is 42.6. The van der Waals surface area contributed by atoms with Crippen LogP contribution in [-0.4, -0.2) is 139 Å². The first-order chi connectivity index (χ1) is 47.6. The largest absolute Gasteiger partial charge is 0.465 e. The van der Waals surface area contributed by atoms with Gasteiger partial charge in [0.15, 0.2) is 0 Å². The standard InChI is InChI=1S/C84H166N4O9/c1-9-17-25-29-30-38-56-80(52-24-16-8)76-97-84(92)60-42-34-46-68-88(67-45-33-41-59-83(91)96-75-79(51-23-15-7)55-37-28-20-12-4)70-48-62-86-64-72-93-71-63-85-61-47-69-87(65-43-31-39-57-81(89)94-73-77(49-21-13-5)53-35-26-18-10-2)66-44-32-40-58-82(90)95-74-78(50-22-14-6)54-36-27-19-11-3/h77-80,85-86H,9-76H2,1-8H3. The molecular formula is C84H166N4O9. The fourth-order valence-electron chi connectivity index (χ4n) is 13.4. The number of ether oxygens (including phenoxy) is 5. The van der Waals surface area contributed by atoms with Gasteiger partial charge in [-0.15, -0.1) is 0 Å². The van der Waals surface area contributed by atoms with Crippen molar-refractivity contribution in [2.75, 3.05) is 105 Å². The molecule has 2 N–H and O–H groups in total. The van der Waals surface area contributed by atoms with Crippen LogP contribution < -0.4 is 10.6 Å². The van der Waals surface area contributed by atoms with E-state index in [1.165, 1.54) is 193 Å². The molecule has 13 nitrogen and oxygen atoms in total. The molecule has 0 radical (unpaired) electrons. The van der Waals surface area contributed by atoms with Crippen LogP contribution in [0.5, 0.6) is 0 Å². The first kappa shape index (κ1) is 94.7. The normalized spacial score (nSPS) is 13.0. The molecule has 13 heteroatoms. The highest BCUT2D eigenvalue weighted by atomic mass is 16.5. The summed E-state index contributed by atoms with van der Waals surface area (Å²) in [6.07, 6.45) is 57.9. The summed E-state index contributed by atoms with van der Waals surface area (Å²) >= 11 is 0. The number of unbranched alkanes of at least 4 members (excludes halogenated alkanes) is 26. The van der Waals surface area contributed by atoms with E-state index < -0.39 is 0 Å². The van der Waals surface area contributed by atoms with Crippen molar-refractivity contribution < 1.29 is 42.9 Å². The summed E-state index contributed by atoms with van der Waals surface area (Å²) in [4.78, 5) is 56.5. The molecule has 0 spiro atoms. The molecule has 0 aromatic heterocycles. The minimum Gasteiger partial charge on any atom is -0.465 e. The number of hydrogen-bond acceptors (Lipinski definition) is 13. The minimum atomic E-state index is -0.0295. The van der Waals surface area contributed by atoms with Crippen LogP contribution in [0.3, 0.4) is 0 Å². The van der Waals surface area contributed by atoms with Gasteiger partial charge in [0, 0.05) is 38.8 Å². The third kappa shape index (κ3) is 67.9. The molecule has 0 aliphatic rings. The van der Waals surface area contributed by atoms with E-state index in [0.29, 0.717) is 89.0 Å². The Labute approximate surface area is 602 Å². The zero-order valence-electron chi connectivity index (χ0n) is 66.0. The SMILES string of the molecule is CCCCCCCCC(CCCC)COC(=O)CCCCCN(CCCCCC(=O)OCC(CCCC)CCCCCC)CCCNCCOCCNCCCN(CCCCCC(=O)OCC(CCCC)CCCCCC)CCCCCC(=O)OCC(CCCC)CCCCCC. The molecule has 0 aromatic rings. The quantitative estimate of drug-likeness (QED) is 0.0339. The molecule has 0 fully saturated rings. The van der Waals surface area contributed by atoms with Crippen molar-refractivity contribution >= 4 is 23.9 Å². The summed E-state index contributed by atoms with van der Waals surface area (Å²) in [7, 11) is 0. The fraction of sp³-hybridized carbons (Fsp3) is 0.952. The van der Waals surface area contributed by atoms with Gasteiger partial charge in [-0.3, -0.25) is 19.2 Å². The molecule has 4 atom stereocenters. The minimum absolute atomic E-state index is 0.0257. The Hall–Kier alpha value is -2.32. The predicted molar refractivity (Wildman–Crippen MR) is 413 cm³/mol. The van der Waals surface area contributed by atoms with Crippen LogP contribution in [0.1, 0.15) is 389 Å². The second-order valence-corrected chi connectivity index (χ2v) is 29.6. The monoisotopic (exact) mass is 1380 g/mol. The van der Waals surface area contributed by atoms with E-state index >= 15 is 0 Å². The van der Waals surface area contributed by atoms with Gasteiger partial charge in [0.25, 0.3) is 0 Å². The molecule has 4 unspecified atom stereocenters. The van der Waals surface area contributed by atoms with Gasteiger partial charge < -0.3 is 44.1 Å². The summed E-state index contributed by atoms with van der Waals surface area (Å²) in [5.74, 6) is 1.87. The van der Waals surface area contributed by atoms with Crippen LogP contribution in [0.4, 0.5) is 0 Å². The summed E-state index contributed by atoms with van der Waals surface area (Å²) < 4.78 is 29.5. The summed E-state index contributed by atoms with van der Waals surface area (Å²) in [5, 5.41) is 7.25. The van der Waals surface area contributed by atoms with Crippen LogP contribution in [-0.2, 0) is 42.9 Å². The van der Waals surface area contributed by atoms with Gasteiger partial charge in [-0.2, -0.15) is 0 Å². The number of nitrogens with zero attached hydrogens (tertiary/aromatic N) is 2. The van der Waals surface area contributed by atoms with Crippen molar-refractivity contribution in [2.24, 2.45) is 23.7 Å². The molecule has 0 rings (SSSR count). The number of carbonyl (C=O) groups excluding carboxylic acids is 4. The van der Waals surface area contributed by atoms with Crippen LogP contribution in [0.2, 0.25) is 0 Å². The molecule has 0 bridgehead atoms. The molecule has 0 saturated carbocycles. The molecule has 0 aromatic carbocycles. The molecule has 0 aliphatic carbocycles.